The van der Waals surface area contributed by atoms with Crippen LogP contribution < -0.4 is 10.1 Å². The molecule has 0 aromatic heterocycles. The number of nitro benzene ring substituents is 1. The highest BCUT2D eigenvalue weighted by molar-refractivity contribution is 5.75. The minimum absolute atomic E-state index is 0.00486. The Morgan fingerprint density at radius 1 is 1.55 bits per heavy atom. The smallest absolute Gasteiger partial charge is 0.322 e. The molecule has 7 nitrogen and oxygen atoms in total. The van der Waals surface area contributed by atoms with Gasteiger partial charge in [-0.15, -0.1) is 0 Å². The number of esters is 1. The van der Waals surface area contributed by atoms with Crippen LogP contribution in [0.1, 0.15) is 6.42 Å². The maximum atomic E-state index is 13.1. The summed E-state index contributed by atoms with van der Waals surface area (Å²) in [7, 11) is 2.83. The summed E-state index contributed by atoms with van der Waals surface area (Å²) in [4.78, 5) is 21.4. The van der Waals surface area contributed by atoms with Gasteiger partial charge in [-0.25, -0.2) is 4.39 Å². The van der Waals surface area contributed by atoms with E-state index in [4.69, 9.17) is 4.74 Å². The fraction of sp³-hybridized carbons (Fsp3) is 0.417. The van der Waals surface area contributed by atoms with Gasteiger partial charge in [-0.05, 0) is 13.1 Å². The molecule has 0 saturated heterocycles. The lowest BCUT2D eigenvalue weighted by Gasteiger charge is -2.14. The zero-order valence-electron chi connectivity index (χ0n) is 11.1. The van der Waals surface area contributed by atoms with Gasteiger partial charge < -0.3 is 14.8 Å². The number of carbonyl (C=O) groups is 1. The van der Waals surface area contributed by atoms with Crippen LogP contribution in [0.3, 0.4) is 0 Å². The average Bonchev–Trinajstić information content (AvgIpc) is 2.42. The molecule has 0 bridgehead atoms. The Bertz CT molecular complexity index is 495. The van der Waals surface area contributed by atoms with E-state index in [0.29, 0.717) is 0 Å². The number of nitrogens with one attached hydrogen (secondary N) is 1. The number of hydrogen-bond donors (Lipinski definition) is 1. The number of methoxy groups -OCH3 is 1. The molecule has 110 valence electrons. The summed E-state index contributed by atoms with van der Waals surface area (Å²) in [6.45, 7) is 0.00486. The second-order valence-corrected chi connectivity index (χ2v) is 3.87. The Labute approximate surface area is 114 Å². The number of nitrogens with zero attached hydrogens (tertiary/aromatic N) is 1. The number of hydrogen-bond acceptors (Lipinski definition) is 6. The molecular weight excluding hydrogens is 271 g/mol. The highest BCUT2D eigenvalue weighted by Gasteiger charge is 2.19. The van der Waals surface area contributed by atoms with E-state index >= 15 is 0 Å². The zero-order chi connectivity index (χ0) is 15.1. The lowest BCUT2D eigenvalue weighted by Crippen LogP contribution is -2.36. The highest BCUT2D eigenvalue weighted by Crippen LogP contribution is 2.27. The van der Waals surface area contributed by atoms with Crippen molar-refractivity contribution in [3.63, 3.8) is 0 Å². The van der Waals surface area contributed by atoms with Crippen molar-refractivity contribution < 1.29 is 23.6 Å². The molecule has 0 radical (unpaired) electrons. The molecule has 8 heteroatoms. The maximum absolute atomic E-state index is 13.1. The third-order valence-electron chi connectivity index (χ3n) is 2.62. The van der Waals surface area contributed by atoms with E-state index in [2.05, 4.69) is 10.1 Å². The maximum Gasteiger partial charge on any atom is 0.322 e. The summed E-state index contributed by atoms with van der Waals surface area (Å²) in [6, 6.07) is 2.36. The van der Waals surface area contributed by atoms with Crippen molar-refractivity contribution in [3.05, 3.63) is 34.1 Å². The number of halogens is 1. The van der Waals surface area contributed by atoms with Crippen LogP contribution in [0.15, 0.2) is 18.2 Å². The molecule has 0 heterocycles. The summed E-state index contributed by atoms with van der Waals surface area (Å²) < 4.78 is 22.8. The number of carbonyl (C=O) groups excluding carboxylic acids is 1. The fourth-order valence-corrected chi connectivity index (χ4v) is 1.56. The van der Waals surface area contributed by atoms with Crippen LogP contribution >= 0.6 is 0 Å². The topological polar surface area (TPSA) is 90.7 Å². The number of ether oxygens (including phenoxy) is 2. The Hall–Kier alpha value is -2.22. The van der Waals surface area contributed by atoms with Crippen molar-refractivity contribution in [2.75, 3.05) is 20.8 Å². The van der Waals surface area contributed by atoms with Gasteiger partial charge in [0.2, 0.25) is 0 Å². The first-order chi connectivity index (χ1) is 9.49. The normalized spacial score (nSPS) is 11.8. The predicted molar refractivity (Wildman–Crippen MR) is 68.0 cm³/mol. The molecule has 1 rings (SSSR count). The van der Waals surface area contributed by atoms with Crippen molar-refractivity contribution in [3.8, 4) is 5.75 Å². The van der Waals surface area contributed by atoms with Gasteiger partial charge in [-0.1, -0.05) is 0 Å². The Morgan fingerprint density at radius 2 is 2.25 bits per heavy atom. The van der Waals surface area contributed by atoms with Gasteiger partial charge in [0.1, 0.15) is 11.9 Å². The molecule has 0 amide bonds. The van der Waals surface area contributed by atoms with Gasteiger partial charge in [0, 0.05) is 18.6 Å². The molecule has 0 aliphatic heterocycles. The molecule has 1 atom stereocenters. The van der Waals surface area contributed by atoms with Gasteiger partial charge in [0.05, 0.1) is 18.6 Å². The lowest BCUT2D eigenvalue weighted by atomic mass is 10.2. The average molecular weight is 286 g/mol. The van der Waals surface area contributed by atoms with E-state index in [0.717, 1.165) is 18.2 Å². The van der Waals surface area contributed by atoms with Gasteiger partial charge >= 0.3 is 11.7 Å². The Morgan fingerprint density at radius 3 is 2.80 bits per heavy atom. The first-order valence-corrected chi connectivity index (χ1v) is 5.81. The van der Waals surface area contributed by atoms with Crippen LogP contribution in [0.4, 0.5) is 10.1 Å². The summed E-state index contributed by atoms with van der Waals surface area (Å²) >= 11 is 0. The summed E-state index contributed by atoms with van der Waals surface area (Å²) in [6.07, 6.45) is 0.233. The van der Waals surface area contributed by atoms with Crippen molar-refractivity contribution in [1.82, 2.24) is 5.32 Å². The van der Waals surface area contributed by atoms with Crippen LogP contribution in [0.5, 0.6) is 5.75 Å². The molecule has 0 aliphatic carbocycles. The number of rotatable bonds is 7. The number of nitro groups is 1. The highest BCUT2D eigenvalue weighted by atomic mass is 19.1. The quantitative estimate of drug-likeness (QED) is 0.461. The van der Waals surface area contributed by atoms with Crippen LogP contribution in [-0.2, 0) is 9.53 Å². The van der Waals surface area contributed by atoms with Gasteiger partial charge in [-0.3, -0.25) is 14.9 Å². The van der Waals surface area contributed by atoms with Gasteiger partial charge in [0.25, 0.3) is 0 Å². The Kier molecular flexibility index (Phi) is 5.85. The molecule has 20 heavy (non-hydrogen) atoms. The van der Waals surface area contributed by atoms with E-state index in [1.54, 1.807) is 7.05 Å². The summed E-state index contributed by atoms with van der Waals surface area (Å²) in [5.74, 6) is -1.27. The van der Waals surface area contributed by atoms with Crippen LogP contribution in [0.25, 0.3) is 0 Å². The first-order valence-electron chi connectivity index (χ1n) is 5.81. The van der Waals surface area contributed by atoms with Crippen molar-refractivity contribution in [2.45, 2.75) is 12.5 Å². The molecule has 0 aliphatic rings. The molecule has 1 unspecified atom stereocenters. The van der Waals surface area contributed by atoms with Crippen molar-refractivity contribution >= 4 is 11.7 Å². The van der Waals surface area contributed by atoms with Gasteiger partial charge in [-0.2, -0.15) is 0 Å². The van der Waals surface area contributed by atoms with Crippen LogP contribution in [-0.4, -0.2) is 37.7 Å². The van der Waals surface area contributed by atoms with Crippen molar-refractivity contribution in [1.29, 1.82) is 0 Å². The zero-order valence-corrected chi connectivity index (χ0v) is 11.1. The van der Waals surface area contributed by atoms with Crippen LogP contribution in [0.2, 0.25) is 0 Å². The van der Waals surface area contributed by atoms with E-state index in [1.165, 1.54) is 7.11 Å². The fourth-order valence-electron chi connectivity index (χ4n) is 1.56. The molecule has 0 spiro atoms. The van der Waals surface area contributed by atoms with E-state index in [-0.39, 0.29) is 24.5 Å². The third kappa shape index (κ3) is 4.16. The molecule has 0 fully saturated rings. The summed E-state index contributed by atoms with van der Waals surface area (Å²) in [5, 5.41) is 13.5. The minimum atomic E-state index is -0.662. The minimum Gasteiger partial charge on any atom is -0.487 e. The number of benzene rings is 1. The second-order valence-electron chi connectivity index (χ2n) is 3.87. The van der Waals surface area contributed by atoms with E-state index in [9.17, 15) is 19.3 Å². The standard InChI is InChI=1S/C12H15FN2O5/c1-14-9(12(16)19-2)5-6-20-11-7-8(13)3-4-10(11)15(17)18/h3-4,7,9,14H,5-6H2,1-2H3. The molecule has 1 aromatic rings. The molecule has 0 saturated carbocycles. The van der Waals surface area contributed by atoms with Crippen LogP contribution in [0, 0.1) is 15.9 Å². The largest absolute Gasteiger partial charge is 0.487 e. The van der Waals surface area contributed by atoms with Gasteiger partial charge in [0.15, 0.2) is 5.75 Å². The third-order valence-corrected chi connectivity index (χ3v) is 2.62. The van der Waals surface area contributed by atoms with E-state index < -0.39 is 22.8 Å². The SMILES string of the molecule is CNC(CCOc1cc(F)ccc1[N+](=O)[O-])C(=O)OC. The Balaban J connectivity index is 2.68. The predicted octanol–water partition coefficient (Wildman–Crippen LogP) is 1.26. The lowest BCUT2D eigenvalue weighted by molar-refractivity contribution is -0.385. The first kappa shape index (κ1) is 15.8. The monoisotopic (exact) mass is 286 g/mol. The number of likely N-dealkylation sites (N-methyl/N-ethyl adjacent to an activating group) is 1. The second kappa shape index (κ2) is 7.39. The van der Waals surface area contributed by atoms with E-state index in [1.807, 2.05) is 0 Å². The molecular formula is C12H15FN2O5. The van der Waals surface area contributed by atoms with Crippen molar-refractivity contribution in [2.24, 2.45) is 0 Å². The molecule has 1 aromatic carbocycles. The summed E-state index contributed by atoms with van der Waals surface area (Å²) in [5.41, 5.74) is -0.328. The molecule has 1 N–H and O–H groups in total.